The summed E-state index contributed by atoms with van der Waals surface area (Å²) in [5, 5.41) is 15.8. The molecule has 178 valence electrons. The van der Waals surface area contributed by atoms with Crippen LogP contribution in [-0.2, 0) is 6.54 Å². The number of hydrogen-bond donors (Lipinski definition) is 2. The van der Waals surface area contributed by atoms with E-state index < -0.39 is 0 Å². The first-order chi connectivity index (χ1) is 16.4. The van der Waals surface area contributed by atoms with Crippen LogP contribution in [0.5, 0.6) is 0 Å². The number of rotatable bonds is 10. The van der Waals surface area contributed by atoms with Crippen LogP contribution in [0.2, 0.25) is 0 Å². The summed E-state index contributed by atoms with van der Waals surface area (Å²) in [6.07, 6.45) is 8.59. The number of nitrogens with zero attached hydrogens (tertiary/aromatic N) is 7. The average molecular weight is 460 g/mol. The summed E-state index contributed by atoms with van der Waals surface area (Å²) in [6.45, 7) is 14.1. The standard InChI is InChI=1S/C25H33N9/c1-17(2)18(3)11-28-32-19(4)30-25-7-6-23-24(31-25)10-20(12-27-23)21-13-29-34(14-21)9-5-8-33-15-22(26)16-33/h6-7,10-14,17,22H,4-5,8-9,15-16,26H2,1-3H3,(H,30,31)/b18-11+,32-28-. The van der Waals surface area contributed by atoms with E-state index in [0.717, 1.165) is 60.3 Å². The van der Waals surface area contributed by atoms with Crippen molar-refractivity contribution in [3.05, 3.63) is 61.0 Å². The van der Waals surface area contributed by atoms with E-state index in [2.05, 4.69) is 62.1 Å². The highest BCUT2D eigenvalue weighted by Gasteiger charge is 2.21. The van der Waals surface area contributed by atoms with Gasteiger partial charge in [-0.05, 0) is 37.5 Å². The van der Waals surface area contributed by atoms with Crippen LogP contribution in [-0.4, -0.2) is 50.3 Å². The highest BCUT2D eigenvalue weighted by Crippen LogP contribution is 2.23. The summed E-state index contributed by atoms with van der Waals surface area (Å²) in [5.41, 5.74) is 10.6. The van der Waals surface area contributed by atoms with Crippen LogP contribution in [0.3, 0.4) is 0 Å². The predicted octanol–water partition coefficient (Wildman–Crippen LogP) is 4.42. The SMILES string of the molecule is C=C(/N=N\C=C(/C)C(C)C)Nc1ccc2ncc(-c3cnn(CCCN4CC(N)C4)c3)cc2n1. The van der Waals surface area contributed by atoms with E-state index in [1.807, 2.05) is 42.2 Å². The number of aromatic nitrogens is 4. The summed E-state index contributed by atoms with van der Waals surface area (Å²) < 4.78 is 1.98. The van der Waals surface area contributed by atoms with Gasteiger partial charge >= 0.3 is 0 Å². The third-order valence-electron chi connectivity index (χ3n) is 5.97. The number of anilines is 1. The minimum atomic E-state index is 0.347. The van der Waals surface area contributed by atoms with Crippen molar-refractivity contribution in [2.45, 2.75) is 39.8 Å². The molecule has 0 aliphatic carbocycles. The van der Waals surface area contributed by atoms with Crippen molar-refractivity contribution in [3.63, 3.8) is 0 Å². The minimum absolute atomic E-state index is 0.347. The summed E-state index contributed by atoms with van der Waals surface area (Å²) in [7, 11) is 0. The lowest BCUT2D eigenvalue weighted by Crippen LogP contribution is -2.55. The van der Waals surface area contributed by atoms with Gasteiger partial charge in [0.2, 0.25) is 0 Å². The molecule has 4 rings (SSSR count). The molecule has 0 radical (unpaired) electrons. The van der Waals surface area contributed by atoms with Crippen molar-refractivity contribution >= 4 is 16.9 Å². The zero-order chi connectivity index (χ0) is 24.1. The van der Waals surface area contributed by atoms with Crippen molar-refractivity contribution in [1.82, 2.24) is 24.6 Å². The fraction of sp³-hybridized carbons (Fsp3) is 0.400. The maximum Gasteiger partial charge on any atom is 0.146 e. The van der Waals surface area contributed by atoms with Gasteiger partial charge in [-0.3, -0.25) is 9.67 Å². The molecule has 0 unspecified atom stereocenters. The van der Waals surface area contributed by atoms with Crippen LogP contribution in [0.25, 0.3) is 22.2 Å². The van der Waals surface area contributed by atoms with Gasteiger partial charge in [-0.15, -0.1) is 5.11 Å². The molecule has 3 N–H and O–H groups in total. The Hall–Kier alpha value is -3.43. The molecular weight excluding hydrogens is 426 g/mol. The van der Waals surface area contributed by atoms with Gasteiger partial charge in [0, 0.05) is 61.9 Å². The molecule has 0 atom stereocenters. The molecule has 9 nitrogen and oxygen atoms in total. The van der Waals surface area contributed by atoms with Gasteiger partial charge in [-0.2, -0.15) is 10.2 Å². The molecule has 4 heterocycles. The second-order valence-electron chi connectivity index (χ2n) is 9.14. The second-order valence-corrected chi connectivity index (χ2v) is 9.14. The Balaban J connectivity index is 1.39. The molecule has 0 saturated carbocycles. The molecule has 1 fully saturated rings. The summed E-state index contributed by atoms with van der Waals surface area (Å²) >= 11 is 0. The van der Waals surface area contributed by atoms with Gasteiger partial charge in [0.25, 0.3) is 0 Å². The number of allylic oxidation sites excluding steroid dienone is 1. The number of azo groups is 1. The third kappa shape index (κ3) is 6.12. The molecule has 1 aliphatic rings. The molecular formula is C25H33N9. The molecule has 1 aliphatic heterocycles. The smallest absolute Gasteiger partial charge is 0.146 e. The van der Waals surface area contributed by atoms with Gasteiger partial charge in [-0.25, -0.2) is 4.98 Å². The molecule has 34 heavy (non-hydrogen) atoms. The number of likely N-dealkylation sites (tertiary alicyclic amines) is 1. The second kappa shape index (κ2) is 10.7. The fourth-order valence-corrected chi connectivity index (χ4v) is 3.63. The molecule has 0 bridgehead atoms. The molecule has 0 amide bonds. The van der Waals surface area contributed by atoms with Crippen molar-refractivity contribution in [2.75, 3.05) is 25.0 Å². The summed E-state index contributed by atoms with van der Waals surface area (Å²) in [5.74, 6) is 1.49. The Labute approximate surface area is 200 Å². The van der Waals surface area contributed by atoms with E-state index >= 15 is 0 Å². The number of pyridine rings is 2. The summed E-state index contributed by atoms with van der Waals surface area (Å²) in [4.78, 5) is 11.6. The third-order valence-corrected chi connectivity index (χ3v) is 5.97. The van der Waals surface area contributed by atoms with Crippen LogP contribution >= 0.6 is 0 Å². The predicted molar refractivity (Wildman–Crippen MR) is 136 cm³/mol. The summed E-state index contributed by atoms with van der Waals surface area (Å²) in [6, 6.07) is 6.15. The normalized spacial score (nSPS) is 15.4. The monoisotopic (exact) mass is 459 g/mol. The van der Waals surface area contributed by atoms with E-state index in [1.165, 1.54) is 0 Å². The lowest BCUT2D eigenvalue weighted by molar-refractivity contribution is 0.146. The molecule has 3 aromatic heterocycles. The lowest BCUT2D eigenvalue weighted by Gasteiger charge is -2.36. The molecule has 3 aromatic rings. The van der Waals surface area contributed by atoms with Gasteiger partial charge in [-0.1, -0.05) is 26.0 Å². The Kier molecular flexibility index (Phi) is 7.44. The van der Waals surface area contributed by atoms with Crippen molar-refractivity contribution in [3.8, 4) is 11.1 Å². The average Bonchev–Trinajstić information content (AvgIpc) is 3.26. The molecule has 0 spiro atoms. The zero-order valence-corrected chi connectivity index (χ0v) is 20.1. The quantitative estimate of drug-likeness (QED) is 0.434. The molecule has 9 heteroatoms. The van der Waals surface area contributed by atoms with Crippen molar-refractivity contribution in [2.24, 2.45) is 21.9 Å². The van der Waals surface area contributed by atoms with Crippen LogP contribution in [0.15, 0.2) is 71.2 Å². The Bertz CT molecular complexity index is 1200. The van der Waals surface area contributed by atoms with E-state index in [1.54, 1.807) is 6.20 Å². The first-order valence-electron chi connectivity index (χ1n) is 11.7. The highest BCUT2D eigenvalue weighted by molar-refractivity contribution is 5.81. The van der Waals surface area contributed by atoms with Crippen molar-refractivity contribution < 1.29 is 0 Å². The Morgan fingerprint density at radius 1 is 1.24 bits per heavy atom. The maximum absolute atomic E-state index is 5.84. The fourth-order valence-electron chi connectivity index (χ4n) is 3.63. The van der Waals surface area contributed by atoms with Gasteiger partial charge in [0.1, 0.15) is 11.6 Å². The van der Waals surface area contributed by atoms with Crippen LogP contribution in [0.1, 0.15) is 27.2 Å². The van der Waals surface area contributed by atoms with E-state index in [-0.39, 0.29) is 0 Å². The maximum atomic E-state index is 5.84. The van der Waals surface area contributed by atoms with E-state index in [9.17, 15) is 0 Å². The number of nitrogens with one attached hydrogen (secondary N) is 1. The first kappa shape index (κ1) is 23.7. The molecule has 0 aromatic carbocycles. The highest BCUT2D eigenvalue weighted by atomic mass is 15.3. The van der Waals surface area contributed by atoms with Gasteiger partial charge < -0.3 is 16.0 Å². The lowest BCUT2D eigenvalue weighted by atomic mass is 10.1. The number of hydrogen-bond acceptors (Lipinski definition) is 8. The van der Waals surface area contributed by atoms with Gasteiger partial charge in [0.15, 0.2) is 0 Å². The van der Waals surface area contributed by atoms with E-state index in [4.69, 9.17) is 5.73 Å². The first-order valence-corrected chi connectivity index (χ1v) is 11.7. The van der Waals surface area contributed by atoms with Crippen LogP contribution in [0.4, 0.5) is 5.82 Å². The number of nitrogens with two attached hydrogens (primary N) is 1. The zero-order valence-electron chi connectivity index (χ0n) is 20.1. The molecule has 1 saturated heterocycles. The Morgan fingerprint density at radius 2 is 2.06 bits per heavy atom. The van der Waals surface area contributed by atoms with Gasteiger partial charge in [0.05, 0.1) is 17.2 Å². The van der Waals surface area contributed by atoms with Crippen LogP contribution in [0, 0.1) is 5.92 Å². The largest absolute Gasteiger partial charge is 0.325 e. The van der Waals surface area contributed by atoms with E-state index in [0.29, 0.717) is 23.6 Å². The Morgan fingerprint density at radius 3 is 2.82 bits per heavy atom. The topological polar surface area (TPSA) is 110 Å². The van der Waals surface area contributed by atoms with Crippen LogP contribution < -0.4 is 11.1 Å². The number of aryl methyl sites for hydroxylation is 1. The minimum Gasteiger partial charge on any atom is -0.325 e. The number of fused-ring (bicyclic) bond motifs is 1. The van der Waals surface area contributed by atoms with Crippen molar-refractivity contribution in [1.29, 1.82) is 0 Å².